The molecule has 4 rings (SSSR count). The van der Waals surface area contributed by atoms with Gasteiger partial charge in [-0.25, -0.2) is 9.37 Å². The number of nitrogens with one attached hydrogen (secondary N) is 3. The second-order valence-electron chi connectivity index (χ2n) is 7.70. The molecule has 9 heteroatoms. The molecular weight excluding hydrogens is 420 g/mol. The summed E-state index contributed by atoms with van der Waals surface area (Å²) >= 11 is 0. The van der Waals surface area contributed by atoms with E-state index < -0.39 is 17.6 Å². The Bertz CT molecular complexity index is 1190. The summed E-state index contributed by atoms with van der Waals surface area (Å²) in [6, 6.07) is 13.3. The lowest BCUT2D eigenvalue weighted by molar-refractivity contribution is 0.102. The lowest BCUT2D eigenvalue weighted by Gasteiger charge is -2.18. The van der Waals surface area contributed by atoms with E-state index in [-0.39, 0.29) is 17.1 Å². The highest BCUT2D eigenvalue weighted by molar-refractivity contribution is 6.32. The van der Waals surface area contributed by atoms with Crippen molar-refractivity contribution in [3.8, 4) is 0 Å². The van der Waals surface area contributed by atoms with Crippen LogP contribution in [0.3, 0.4) is 0 Å². The Labute approximate surface area is 191 Å². The van der Waals surface area contributed by atoms with Crippen LogP contribution in [0.5, 0.6) is 0 Å². The number of rotatable bonds is 5. The number of amidine groups is 1. The Kier molecular flexibility index (Phi) is 6.49. The minimum absolute atomic E-state index is 0.0468. The van der Waals surface area contributed by atoms with Gasteiger partial charge in [-0.15, -0.1) is 0 Å². The maximum absolute atomic E-state index is 13.9. The number of carbonyl (C=O) groups is 2. The van der Waals surface area contributed by atoms with Gasteiger partial charge in [-0.3, -0.25) is 15.0 Å². The number of halogens is 1. The third kappa shape index (κ3) is 5.26. The van der Waals surface area contributed by atoms with Crippen LogP contribution >= 0.6 is 0 Å². The van der Waals surface area contributed by atoms with Crippen LogP contribution < -0.4 is 16.1 Å². The van der Waals surface area contributed by atoms with Gasteiger partial charge in [0.2, 0.25) is 0 Å². The molecule has 3 N–H and O–H groups in total. The van der Waals surface area contributed by atoms with Crippen molar-refractivity contribution in [3.63, 3.8) is 0 Å². The minimum atomic E-state index is -0.628. The van der Waals surface area contributed by atoms with E-state index in [1.165, 1.54) is 18.3 Å². The van der Waals surface area contributed by atoms with Gasteiger partial charge < -0.3 is 15.5 Å². The van der Waals surface area contributed by atoms with E-state index in [1.807, 2.05) is 4.90 Å². The third-order valence-corrected chi connectivity index (χ3v) is 5.35. The van der Waals surface area contributed by atoms with E-state index >= 15 is 0 Å². The maximum Gasteiger partial charge on any atom is 0.259 e. The van der Waals surface area contributed by atoms with E-state index in [9.17, 15) is 14.0 Å². The summed E-state index contributed by atoms with van der Waals surface area (Å²) in [5.74, 6) is -1.02. The summed E-state index contributed by atoms with van der Waals surface area (Å²) in [5.41, 5.74) is 1.63. The third-order valence-electron chi connectivity index (χ3n) is 5.35. The predicted octanol–water partition coefficient (Wildman–Crippen LogP) is 2.94. The fraction of sp³-hybridized carbons (Fsp3) is 0.167. The Balaban J connectivity index is 1.49. The van der Waals surface area contributed by atoms with E-state index in [1.54, 1.807) is 30.3 Å². The molecule has 1 aliphatic heterocycles. The number of benzene rings is 2. The van der Waals surface area contributed by atoms with Crippen LogP contribution in [0.2, 0.25) is 0 Å². The Hall–Kier alpha value is -4.01. The number of anilines is 2. The Morgan fingerprint density at radius 2 is 1.64 bits per heavy atom. The first-order chi connectivity index (χ1) is 15.9. The number of carbonyl (C=O) groups excluding carboxylic acids is 2. The molecule has 1 saturated heterocycles. The molecule has 0 spiro atoms. The Morgan fingerprint density at radius 1 is 0.939 bits per heavy atom. The standard InChI is InChI=1S/C24H21BFN5O2/c25-17-7-10-21(28-14-17)30-24(33)19-13-18(26)8-9-20(19)29-23(32)16-5-3-15(4-6-16)22(27)31-11-1-2-12-31/h3-10,13-14,27H,1-2,11-12H2,(H,29,32)(H,28,30,33). The largest absolute Gasteiger partial charge is 0.357 e. The molecule has 2 heterocycles. The van der Waals surface area contributed by atoms with Crippen LogP contribution in [0, 0.1) is 11.2 Å². The highest BCUT2D eigenvalue weighted by Gasteiger charge is 2.18. The fourth-order valence-corrected chi connectivity index (χ4v) is 3.57. The molecule has 1 fully saturated rings. The van der Waals surface area contributed by atoms with Gasteiger partial charge in [-0.2, -0.15) is 0 Å². The average Bonchev–Trinajstić information content (AvgIpc) is 3.36. The van der Waals surface area contributed by atoms with E-state index in [0.29, 0.717) is 16.9 Å². The van der Waals surface area contributed by atoms with Crippen molar-refractivity contribution in [3.05, 3.63) is 83.3 Å². The molecule has 2 aromatic carbocycles. The van der Waals surface area contributed by atoms with Gasteiger partial charge in [0.1, 0.15) is 25.3 Å². The number of likely N-dealkylation sites (tertiary alicyclic amines) is 1. The van der Waals surface area contributed by atoms with Crippen molar-refractivity contribution < 1.29 is 14.0 Å². The van der Waals surface area contributed by atoms with Gasteiger partial charge in [-0.1, -0.05) is 23.7 Å². The summed E-state index contributed by atoms with van der Waals surface area (Å²) in [6.45, 7) is 1.73. The Morgan fingerprint density at radius 3 is 2.30 bits per heavy atom. The zero-order valence-electron chi connectivity index (χ0n) is 17.8. The first-order valence-corrected chi connectivity index (χ1v) is 10.5. The highest BCUT2D eigenvalue weighted by atomic mass is 19.1. The van der Waals surface area contributed by atoms with Crippen molar-refractivity contribution in [1.29, 1.82) is 5.41 Å². The maximum atomic E-state index is 13.9. The summed E-state index contributed by atoms with van der Waals surface area (Å²) in [5, 5.41) is 13.5. The smallest absolute Gasteiger partial charge is 0.259 e. The minimum Gasteiger partial charge on any atom is -0.357 e. The highest BCUT2D eigenvalue weighted by Crippen LogP contribution is 2.20. The topological polar surface area (TPSA) is 98.2 Å². The molecular formula is C24H21BFN5O2. The number of aromatic nitrogens is 1. The molecule has 0 bridgehead atoms. The normalized spacial score (nSPS) is 12.9. The molecule has 1 aromatic heterocycles. The van der Waals surface area contributed by atoms with Gasteiger partial charge in [0.15, 0.2) is 0 Å². The predicted molar refractivity (Wildman–Crippen MR) is 126 cm³/mol. The van der Waals surface area contributed by atoms with E-state index in [4.69, 9.17) is 13.3 Å². The number of hydrogen-bond acceptors (Lipinski definition) is 4. The molecule has 164 valence electrons. The monoisotopic (exact) mass is 441 g/mol. The zero-order chi connectivity index (χ0) is 23.4. The van der Waals surface area contributed by atoms with Crippen LogP contribution in [0.1, 0.15) is 39.1 Å². The number of hydrogen-bond donors (Lipinski definition) is 3. The fourth-order valence-electron chi connectivity index (χ4n) is 3.57. The zero-order valence-corrected chi connectivity index (χ0v) is 17.8. The van der Waals surface area contributed by atoms with Crippen molar-refractivity contribution >= 4 is 42.5 Å². The lowest BCUT2D eigenvalue weighted by Crippen LogP contribution is -2.27. The van der Waals surface area contributed by atoms with Crippen LogP contribution in [-0.4, -0.2) is 48.5 Å². The summed E-state index contributed by atoms with van der Waals surface area (Å²) < 4.78 is 13.9. The molecule has 0 unspecified atom stereocenters. The molecule has 0 atom stereocenters. The number of amides is 2. The molecule has 3 aromatic rings. The SMILES string of the molecule is [B]c1ccc(NC(=O)c2cc(F)ccc2NC(=O)c2ccc(C(=N)N3CCCC3)cc2)nc1. The summed E-state index contributed by atoms with van der Waals surface area (Å²) in [6.07, 6.45) is 3.53. The van der Waals surface area contributed by atoms with Crippen LogP contribution in [0.4, 0.5) is 15.9 Å². The van der Waals surface area contributed by atoms with Crippen molar-refractivity contribution in [1.82, 2.24) is 9.88 Å². The van der Waals surface area contributed by atoms with E-state index in [0.717, 1.165) is 43.6 Å². The van der Waals surface area contributed by atoms with Crippen molar-refractivity contribution in [2.24, 2.45) is 0 Å². The number of pyridine rings is 1. The number of nitrogens with zero attached hydrogens (tertiary/aromatic N) is 2. The average molecular weight is 441 g/mol. The summed E-state index contributed by atoms with van der Waals surface area (Å²) in [7, 11) is 5.59. The van der Waals surface area contributed by atoms with Crippen LogP contribution in [-0.2, 0) is 0 Å². The molecule has 1 aliphatic rings. The van der Waals surface area contributed by atoms with Gasteiger partial charge in [-0.05, 0) is 49.2 Å². The lowest BCUT2D eigenvalue weighted by atomic mass is 9.99. The molecule has 33 heavy (non-hydrogen) atoms. The first kappa shape index (κ1) is 22.2. The summed E-state index contributed by atoms with van der Waals surface area (Å²) in [4.78, 5) is 31.5. The first-order valence-electron chi connectivity index (χ1n) is 10.5. The van der Waals surface area contributed by atoms with E-state index in [2.05, 4.69) is 15.6 Å². The molecule has 0 aliphatic carbocycles. The molecule has 2 amide bonds. The van der Waals surface area contributed by atoms with Gasteiger partial charge >= 0.3 is 0 Å². The van der Waals surface area contributed by atoms with Gasteiger partial charge in [0.05, 0.1) is 11.3 Å². The van der Waals surface area contributed by atoms with Crippen molar-refractivity contribution in [2.75, 3.05) is 23.7 Å². The molecule has 2 radical (unpaired) electrons. The quantitative estimate of drug-likeness (QED) is 0.322. The second kappa shape index (κ2) is 9.64. The van der Waals surface area contributed by atoms with Gasteiger partial charge in [0, 0.05) is 30.4 Å². The van der Waals surface area contributed by atoms with Crippen LogP contribution in [0.25, 0.3) is 0 Å². The van der Waals surface area contributed by atoms with Gasteiger partial charge in [0.25, 0.3) is 11.8 Å². The molecule has 7 nitrogen and oxygen atoms in total. The second-order valence-corrected chi connectivity index (χ2v) is 7.70. The van der Waals surface area contributed by atoms with Crippen molar-refractivity contribution in [2.45, 2.75) is 12.8 Å². The molecule has 0 saturated carbocycles. The van der Waals surface area contributed by atoms with Crippen LogP contribution in [0.15, 0.2) is 60.8 Å².